The lowest BCUT2D eigenvalue weighted by Gasteiger charge is -2.10. The van der Waals surface area contributed by atoms with Crippen molar-refractivity contribution in [1.29, 1.82) is 0 Å². The van der Waals surface area contributed by atoms with E-state index < -0.39 is 0 Å². The minimum absolute atomic E-state index is 0.197. The first-order valence-electron chi connectivity index (χ1n) is 15.7. The Morgan fingerprint density at radius 2 is 0.957 bits per heavy atom. The van der Waals surface area contributed by atoms with Gasteiger partial charge in [0.25, 0.3) is 0 Å². The van der Waals surface area contributed by atoms with Crippen LogP contribution in [0.15, 0.2) is 72.8 Å². The first-order chi connectivity index (χ1) is 22.6. The number of hydrogen-bond donors (Lipinski definition) is 0. The lowest BCUT2D eigenvalue weighted by atomic mass is 10.1. The van der Waals surface area contributed by atoms with Gasteiger partial charge in [0.05, 0.1) is 64.0 Å². The molecule has 4 aromatic carbocycles. The maximum absolute atomic E-state index is 12.4. The van der Waals surface area contributed by atoms with Crippen molar-refractivity contribution in [2.24, 2.45) is 0 Å². The van der Waals surface area contributed by atoms with E-state index >= 15 is 0 Å². The lowest BCUT2D eigenvalue weighted by molar-refractivity contribution is 0.0290. The van der Waals surface area contributed by atoms with Crippen LogP contribution in [0.4, 0.5) is 0 Å². The minimum Gasteiger partial charge on any atom is -0.494 e. The SMILES string of the molecule is O=C(OCCOCC1CO1)c1ccc2cc(OCCCCOc3ccc4cc(C(=O)OCCOCC5CO5)ccc4c3)ccc2c1. The molecule has 2 atom stereocenters. The van der Waals surface area contributed by atoms with E-state index in [1.54, 1.807) is 12.1 Å². The smallest absolute Gasteiger partial charge is 0.338 e. The molecule has 2 unspecified atom stereocenters. The molecule has 2 aliphatic heterocycles. The van der Waals surface area contributed by atoms with Gasteiger partial charge >= 0.3 is 11.9 Å². The summed E-state index contributed by atoms with van der Waals surface area (Å²) < 4.78 is 43.5. The summed E-state index contributed by atoms with van der Waals surface area (Å²) in [5.74, 6) is 0.803. The zero-order valence-electron chi connectivity index (χ0n) is 25.7. The van der Waals surface area contributed by atoms with Crippen LogP contribution >= 0.6 is 0 Å². The Hall–Kier alpha value is -4.22. The van der Waals surface area contributed by atoms with Crippen LogP contribution in [0.3, 0.4) is 0 Å². The normalized spacial score (nSPS) is 16.7. The number of carbonyl (C=O) groups excluding carboxylic acids is 2. The van der Waals surface area contributed by atoms with E-state index in [0.717, 1.165) is 59.1 Å². The zero-order chi connectivity index (χ0) is 31.6. The summed E-state index contributed by atoms with van der Waals surface area (Å²) in [5, 5.41) is 3.83. The van der Waals surface area contributed by atoms with Crippen molar-refractivity contribution in [2.45, 2.75) is 25.0 Å². The highest BCUT2D eigenvalue weighted by Crippen LogP contribution is 2.24. The summed E-state index contributed by atoms with van der Waals surface area (Å²) in [4.78, 5) is 24.8. The molecule has 0 aliphatic carbocycles. The number of hydrogen-bond acceptors (Lipinski definition) is 10. The van der Waals surface area contributed by atoms with Gasteiger partial charge in [0.2, 0.25) is 0 Å². The Morgan fingerprint density at radius 3 is 1.39 bits per heavy atom. The van der Waals surface area contributed by atoms with Crippen molar-refractivity contribution in [1.82, 2.24) is 0 Å². The van der Waals surface area contributed by atoms with Gasteiger partial charge in [-0.2, -0.15) is 0 Å². The molecule has 0 spiro atoms. The lowest BCUT2D eigenvalue weighted by Crippen LogP contribution is -2.12. The van der Waals surface area contributed by atoms with Crippen LogP contribution in [0.2, 0.25) is 0 Å². The van der Waals surface area contributed by atoms with Gasteiger partial charge in [0, 0.05) is 0 Å². The second-order valence-electron chi connectivity index (χ2n) is 11.2. The molecule has 0 bridgehead atoms. The summed E-state index contributed by atoms with van der Waals surface area (Å²) in [6.07, 6.45) is 2.06. The Morgan fingerprint density at radius 1 is 0.543 bits per heavy atom. The number of ether oxygens (including phenoxy) is 8. The van der Waals surface area contributed by atoms with Gasteiger partial charge < -0.3 is 37.9 Å². The minimum atomic E-state index is -0.372. The molecule has 6 rings (SSSR count). The molecule has 2 aliphatic rings. The van der Waals surface area contributed by atoms with E-state index in [2.05, 4.69) is 0 Å². The number of epoxide rings is 2. The summed E-state index contributed by atoms with van der Waals surface area (Å²) >= 11 is 0. The molecule has 2 heterocycles. The third kappa shape index (κ3) is 9.64. The molecule has 0 amide bonds. The first-order valence-corrected chi connectivity index (χ1v) is 15.7. The van der Waals surface area contributed by atoms with Crippen LogP contribution in [-0.2, 0) is 28.4 Å². The number of esters is 2. The Kier molecular flexibility index (Phi) is 10.9. The Balaban J connectivity index is 0.875. The first kappa shape index (κ1) is 31.7. The predicted octanol–water partition coefficient (Wildman–Crippen LogP) is 5.38. The van der Waals surface area contributed by atoms with E-state index in [-0.39, 0.29) is 37.4 Å². The van der Waals surface area contributed by atoms with Crippen molar-refractivity contribution in [3.63, 3.8) is 0 Å². The standard InChI is InChI=1S/C36H38O10/c37-35(43-15-13-39-21-33-23-45-33)29-5-3-27-19-31(9-7-25(27)17-29)41-11-1-2-12-42-32-10-8-26-18-30(6-4-28(26)20-32)36(38)44-16-14-40-22-34-24-46-34/h3-10,17-20,33-34H,1-2,11-16,21-24H2. The molecule has 10 nitrogen and oxygen atoms in total. The van der Waals surface area contributed by atoms with E-state index in [0.29, 0.717) is 50.8 Å². The predicted molar refractivity (Wildman–Crippen MR) is 170 cm³/mol. The molecule has 0 saturated carbocycles. The zero-order valence-corrected chi connectivity index (χ0v) is 25.7. The molecule has 4 aromatic rings. The monoisotopic (exact) mass is 630 g/mol. The summed E-state index contributed by atoms with van der Waals surface area (Å²) in [6, 6.07) is 22.6. The number of rotatable bonds is 19. The summed E-state index contributed by atoms with van der Waals surface area (Å²) in [7, 11) is 0. The van der Waals surface area contributed by atoms with Crippen molar-refractivity contribution in [3.8, 4) is 11.5 Å². The van der Waals surface area contributed by atoms with E-state index in [4.69, 9.17) is 37.9 Å². The van der Waals surface area contributed by atoms with Crippen molar-refractivity contribution < 1.29 is 47.5 Å². The third-order valence-corrected chi connectivity index (χ3v) is 7.50. The maximum Gasteiger partial charge on any atom is 0.338 e. The Bertz CT molecular complexity index is 1510. The fourth-order valence-electron chi connectivity index (χ4n) is 4.78. The number of fused-ring (bicyclic) bond motifs is 2. The second kappa shape index (κ2) is 15.9. The maximum atomic E-state index is 12.4. The summed E-state index contributed by atoms with van der Waals surface area (Å²) in [6.45, 7) is 4.80. The molecule has 0 radical (unpaired) electrons. The average molecular weight is 631 g/mol. The highest BCUT2D eigenvalue weighted by molar-refractivity contribution is 5.96. The molecule has 10 heteroatoms. The fraction of sp³-hybridized carbons (Fsp3) is 0.389. The van der Waals surface area contributed by atoms with Crippen LogP contribution in [-0.4, -0.2) is 90.2 Å². The van der Waals surface area contributed by atoms with Crippen LogP contribution in [0.1, 0.15) is 33.6 Å². The number of benzene rings is 4. The molecule has 2 fully saturated rings. The second-order valence-corrected chi connectivity index (χ2v) is 11.2. The van der Waals surface area contributed by atoms with Gasteiger partial charge in [-0.3, -0.25) is 0 Å². The van der Waals surface area contributed by atoms with E-state index in [1.165, 1.54) is 0 Å². The highest BCUT2D eigenvalue weighted by Gasteiger charge is 2.23. The number of unbranched alkanes of at least 4 members (excludes halogenated alkanes) is 1. The van der Waals surface area contributed by atoms with Crippen LogP contribution in [0.25, 0.3) is 21.5 Å². The average Bonchev–Trinajstić information content (AvgIpc) is 4.02. The van der Waals surface area contributed by atoms with Crippen LogP contribution in [0.5, 0.6) is 11.5 Å². The molecule has 242 valence electrons. The van der Waals surface area contributed by atoms with Gasteiger partial charge in [0.1, 0.15) is 36.9 Å². The quantitative estimate of drug-likeness (QED) is 0.0761. The molecule has 0 aromatic heterocycles. The third-order valence-electron chi connectivity index (χ3n) is 7.50. The summed E-state index contributed by atoms with van der Waals surface area (Å²) in [5.41, 5.74) is 1.00. The topological polar surface area (TPSA) is 115 Å². The van der Waals surface area contributed by atoms with Gasteiger partial charge in [0.15, 0.2) is 0 Å². The van der Waals surface area contributed by atoms with Crippen LogP contribution in [0, 0.1) is 0 Å². The number of carbonyl (C=O) groups is 2. The van der Waals surface area contributed by atoms with E-state index in [9.17, 15) is 9.59 Å². The molecule has 2 saturated heterocycles. The van der Waals surface area contributed by atoms with Crippen molar-refractivity contribution in [3.05, 3.63) is 83.9 Å². The molecular formula is C36H38O10. The van der Waals surface area contributed by atoms with E-state index in [1.807, 2.05) is 60.7 Å². The Labute approximate surface area is 267 Å². The highest BCUT2D eigenvalue weighted by atomic mass is 16.6. The molecule has 46 heavy (non-hydrogen) atoms. The fourth-order valence-corrected chi connectivity index (χ4v) is 4.78. The van der Waals surface area contributed by atoms with Crippen LogP contribution < -0.4 is 9.47 Å². The molecule has 0 N–H and O–H groups in total. The van der Waals surface area contributed by atoms with Crippen molar-refractivity contribution >= 4 is 33.5 Å². The van der Waals surface area contributed by atoms with Gasteiger partial charge in [-0.15, -0.1) is 0 Å². The van der Waals surface area contributed by atoms with Crippen molar-refractivity contribution in [2.75, 3.05) is 66.1 Å². The van der Waals surface area contributed by atoms with Gasteiger partial charge in [-0.05, 0) is 82.9 Å². The van der Waals surface area contributed by atoms with Gasteiger partial charge in [-0.1, -0.05) is 24.3 Å². The van der Waals surface area contributed by atoms with Gasteiger partial charge in [-0.25, -0.2) is 9.59 Å². The largest absolute Gasteiger partial charge is 0.494 e. The molecular weight excluding hydrogens is 592 g/mol.